The van der Waals surface area contributed by atoms with Crippen LogP contribution in [-0.4, -0.2) is 80.1 Å². The largest absolute Gasteiger partial charge is 0.337 e. The van der Waals surface area contributed by atoms with Crippen LogP contribution in [0, 0.1) is 17.8 Å². The number of carbonyl (C=O) groups is 1. The number of nitrogens with zero attached hydrogens (tertiary/aromatic N) is 3. The van der Waals surface area contributed by atoms with Gasteiger partial charge in [-0.1, -0.05) is 20.8 Å². The lowest BCUT2D eigenvalue weighted by molar-refractivity contribution is 0.141. The fraction of sp³-hybridized carbons (Fsp3) is 0.944. The van der Waals surface area contributed by atoms with Crippen molar-refractivity contribution in [3.63, 3.8) is 0 Å². The molecule has 2 fully saturated rings. The van der Waals surface area contributed by atoms with E-state index in [0.717, 1.165) is 57.5 Å². The number of rotatable bonds is 6. The third kappa shape index (κ3) is 5.96. The minimum Gasteiger partial charge on any atom is -0.337 e. The maximum atomic E-state index is 12.3. The molecule has 3 unspecified atom stereocenters. The highest BCUT2D eigenvalue weighted by molar-refractivity contribution is 5.74. The molecular weight excluding hydrogens is 288 g/mol. The Hall–Kier alpha value is -0.810. The van der Waals surface area contributed by atoms with Crippen molar-refractivity contribution in [3.05, 3.63) is 0 Å². The van der Waals surface area contributed by atoms with Crippen molar-refractivity contribution < 1.29 is 4.79 Å². The number of piperidine rings is 1. The van der Waals surface area contributed by atoms with E-state index in [9.17, 15) is 4.79 Å². The molecule has 0 bridgehead atoms. The molecule has 0 aliphatic carbocycles. The van der Waals surface area contributed by atoms with E-state index in [4.69, 9.17) is 0 Å². The van der Waals surface area contributed by atoms with Gasteiger partial charge < -0.3 is 20.0 Å². The Kier molecular flexibility index (Phi) is 7.15. The number of likely N-dealkylation sites (tertiary alicyclic amines) is 2. The molecule has 1 N–H and O–H groups in total. The van der Waals surface area contributed by atoms with Crippen LogP contribution in [0.5, 0.6) is 0 Å². The van der Waals surface area contributed by atoms with Crippen LogP contribution < -0.4 is 5.32 Å². The van der Waals surface area contributed by atoms with Crippen LogP contribution in [0.2, 0.25) is 0 Å². The van der Waals surface area contributed by atoms with Crippen molar-refractivity contribution in [3.8, 4) is 0 Å². The lowest BCUT2D eigenvalue weighted by Crippen LogP contribution is -2.45. The Labute approximate surface area is 142 Å². The number of amides is 2. The van der Waals surface area contributed by atoms with E-state index in [-0.39, 0.29) is 6.03 Å². The van der Waals surface area contributed by atoms with Gasteiger partial charge in [0.2, 0.25) is 0 Å². The SMILES string of the molecule is CCN(C)CC1CCN(C(=O)NCCN2CC(C)CC(C)C2)C1. The molecule has 5 heteroatoms. The van der Waals surface area contributed by atoms with Crippen molar-refractivity contribution in [1.29, 1.82) is 0 Å². The molecule has 2 rings (SSSR count). The van der Waals surface area contributed by atoms with Crippen molar-refractivity contribution in [2.45, 2.75) is 33.6 Å². The molecule has 0 radical (unpaired) electrons. The lowest BCUT2D eigenvalue weighted by atomic mass is 9.92. The Morgan fingerprint density at radius 1 is 1.22 bits per heavy atom. The van der Waals surface area contributed by atoms with Gasteiger partial charge in [0.25, 0.3) is 0 Å². The van der Waals surface area contributed by atoms with Crippen LogP contribution in [-0.2, 0) is 0 Å². The molecule has 0 aromatic carbocycles. The summed E-state index contributed by atoms with van der Waals surface area (Å²) in [4.78, 5) is 19.1. The minimum absolute atomic E-state index is 0.129. The number of nitrogens with one attached hydrogen (secondary N) is 1. The summed E-state index contributed by atoms with van der Waals surface area (Å²) in [5.74, 6) is 2.20. The van der Waals surface area contributed by atoms with E-state index < -0.39 is 0 Å². The molecule has 0 aromatic rings. The molecule has 2 aliphatic heterocycles. The molecule has 3 atom stereocenters. The van der Waals surface area contributed by atoms with Crippen LogP contribution in [0.25, 0.3) is 0 Å². The molecule has 0 aromatic heterocycles. The second-order valence-corrected chi connectivity index (χ2v) is 7.89. The highest BCUT2D eigenvalue weighted by atomic mass is 16.2. The molecule has 23 heavy (non-hydrogen) atoms. The first-order valence-electron chi connectivity index (χ1n) is 9.41. The van der Waals surface area contributed by atoms with Gasteiger partial charge in [0.15, 0.2) is 0 Å². The zero-order chi connectivity index (χ0) is 16.8. The van der Waals surface area contributed by atoms with Gasteiger partial charge >= 0.3 is 6.03 Å². The van der Waals surface area contributed by atoms with Gasteiger partial charge in [-0.25, -0.2) is 4.79 Å². The topological polar surface area (TPSA) is 38.8 Å². The van der Waals surface area contributed by atoms with E-state index in [1.807, 2.05) is 4.90 Å². The van der Waals surface area contributed by atoms with E-state index in [0.29, 0.717) is 5.92 Å². The quantitative estimate of drug-likeness (QED) is 0.812. The van der Waals surface area contributed by atoms with E-state index in [1.54, 1.807) is 0 Å². The summed E-state index contributed by atoms with van der Waals surface area (Å²) in [6, 6.07) is 0.129. The highest BCUT2D eigenvalue weighted by Crippen LogP contribution is 2.20. The average Bonchev–Trinajstić information content (AvgIpc) is 2.94. The van der Waals surface area contributed by atoms with Crippen LogP contribution in [0.1, 0.15) is 33.6 Å². The molecule has 134 valence electrons. The van der Waals surface area contributed by atoms with E-state index in [1.165, 1.54) is 19.5 Å². The fourth-order valence-corrected chi connectivity index (χ4v) is 4.14. The number of hydrogen-bond acceptors (Lipinski definition) is 3. The highest BCUT2D eigenvalue weighted by Gasteiger charge is 2.27. The molecule has 0 spiro atoms. The van der Waals surface area contributed by atoms with Gasteiger partial charge in [-0.3, -0.25) is 0 Å². The standard InChI is InChI=1S/C18H36N4O/c1-5-20(4)13-17-6-8-22(14-17)18(23)19-7-9-21-11-15(2)10-16(3)12-21/h15-17H,5-14H2,1-4H3,(H,19,23). The summed E-state index contributed by atoms with van der Waals surface area (Å²) in [5.41, 5.74) is 0. The third-order valence-electron chi connectivity index (χ3n) is 5.33. The van der Waals surface area contributed by atoms with Crippen LogP contribution >= 0.6 is 0 Å². The third-order valence-corrected chi connectivity index (χ3v) is 5.33. The predicted octanol–water partition coefficient (Wildman–Crippen LogP) is 1.95. The summed E-state index contributed by atoms with van der Waals surface area (Å²) in [6.07, 6.45) is 2.48. The second-order valence-electron chi connectivity index (χ2n) is 7.89. The maximum absolute atomic E-state index is 12.3. The van der Waals surface area contributed by atoms with Gasteiger partial charge in [0.1, 0.15) is 0 Å². The number of urea groups is 1. The first-order valence-corrected chi connectivity index (χ1v) is 9.41. The van der Waals surface area contributed by atoms with Gasteiger partial charge in [-0.05, 0) is 44.2 Å². The molecule has 5 nitrogen and oxygen atoms in total. The van der Waals surface area contributed by atoms with E-state index in [2.05, 4.69) is 42.9 Å². The second kappa shape index (κ2) is 8.88. The monoisotopic (exact) mass is 324 g/mol. The number of hydrogen-bond donors (Lipinski definition) is 1. The lowest BCUT2D eigenvalue weighted by Gasteiger charge is -2.35. The summed E-state index contributed by atoms with van der Waals surface area (Å²) in [5, 5.41) is 3.12. The molecule has 2 saturated heterocycles. The first-order chi connectivity index (χ1) is 11.0. The van der Waals surface area contributed by atoms with Crippen molar-refractivity contribution in [1.82, 2.24) is 20.0 Å². The van der Waals surface area contributed by atoms with Crippen molar-refractivity contribution >= 4 is 6.03 Å². The number of carbonyl (C=O) groups excluding carboxylic acids is 1. The first kappa shape index (κ1) is 18.5. The van der Waals surface area contributed by atoms with Gasteiger partial charge in [0.05, 0.1) is 0 Å². The summed E-state index contributed by atoms with van der Waals surface area (Å²) in [7, 11) is 2.16. The van der Waals surface area contributed by atoms with Crippen molar-refractivity contribution in [2.24, 2.45) is 17.8 Å². The predicted molar refractivity (Wildman–Crippen MR) is 95.6 cm³/mol. The Morgan fingerprint density at radius 2 is 1.91 bits per heavy atom. The molecule has 2 amide bonds. The van der Waals surface area contributed by atoms with Crippen molar-refractivity contribution in [2.75, 3.05) is 59.4 Å². The smallest absolute Gasteiger partial charge is 0.317 e. The molecule has 2 heterocycles. The average molecular weight is 325 g/mol. The van der Waals surface area contributed by atoms with Crippen LogP contribution in [0.15, 0.2) is 0 Å². The summed E-state index contributed by atoms with van der Waals surface area (Å²) >= 11 is 0. The van der Waals surface area contributed by atoms with Crippen LogP contribution in [0.3, 0.4) is 0 Å². The van der Waals surface area contributed by atoms with Crippen LogP contribution in [0.4, 0.5) is 4.79 Å². The Balaban J connectivity index is 1.63. The Morgan fingerprint density at radius 3 is 2.57 bits per heavy atom. The van der Waals surface area contributed by atoms with Gasteiger partial charge in [-0.15, -0.1) is 0 Å². The maximum Gasteiger partial charge on any atom is 0.317 e. The zero-order valence-corrected chi connectivity index (χ0v) is 15.6. The summed E-state index contributed by atoms with van der Waals surface area (Å²) in [6.45, 7) is 15.0. The molecule has 2 aliphatic rings. The zero-order valence-electron chi connectivity index (χ0n) is 15.6. The fourth-order valence-electron chi connectivity index (χ4n) is 4.14. The van der Waals surface area contributed by atoms with Gasteiger partial charge in [0, 0.05) is 45.8 Å². The van der Waals surface area contributed by atoms with Gasteiger partial charge in [-0.2, -0.15) is 0 Å². The molecular formula is C18H36N4O. The normalized spacial score (nSPS) is 29.3. The minimum atomic E-state index is 0.129. The molecule has 0 saturated carbocycles. The Bertz CT molecular complexity index is 366. The van der Waals surface area contributed by atoms with E-state index >= 15 is 0 Å². The summed E-state index contributed by atoms with van der Waals surface area (Å²) < 4.78 is 0.